The summed E-state index contributed by atoms with van der Waals surface area (Å²) in [4.78, 5) is 0. The quantitative estimate of drug-likeness (QED) is 0.845. The molecule has 1 fully saturated rings. The predicted octanol–water partition coefficient (Wildman–Crippen LogP) is 3.01. The first-order chi connectivity index (χ1) is 7.86. The summed E-state index contributed by atoms with van der Waals surface area (Å²) in [5, 5.41) is 10.0. The third-order valence-corrected chi connectivity index (χ3v) is 3.36. The Morgan fingerprint density at radius 2 is 1.81 bits per heavy atom. The maximum absolute atomic E-state index is 10.0. The Balaban J connectivity index is 1.76. The summed E-state index contributed by atoms with van der Waals surface area (Å²) >= 11 is 0. The van der Waals surface area contributed by atoms with E-state index in [1.807, 2.05) is 30.3 Å². The molecule has 0 saturated heterocycles. The molecule has 0 spiro atoms. The van der Waals surface area contributed by atoms with E-state index in [2.05, 4.69) is 0 Å². The van der Waals surface area contributed by atoms with Gasteiger partial charge >= 0.3 is 0 Å². The van der Waals surface area contributed by atoms with Crippen LogP contribution in [-0.2, 0) is 0 Å². The molecule has 0 bridgehead atoms. The molecule has 1 aliphatic rings. The largest absolute Gasteiger partial charge is 0.491 e. The van der Waals surface area contributed by atoms with Crippen LogP contribution in [0.15, 0.2) is 30.3 Å². The molecule has 2 rings (SSSR count). The minimum Gasteiger partial charge on any atom is -0.491 e. The number of hydrogen-bond donors (Lipinski definition) is 1. The van der Waals surface area contributed by atoms with Gasteiger partial charge in [0.15, 0.2) is 0 Å². The standard InChI is InChI=1S/C14H20O2/c15-14(12-7-3-1-4-8-12)11-16-13-9-5-2-6-10-13/h2,5-6,9-10,12,14-15H,1,3-4,7-8,11H2. The maximum atomic E-state index is 10.0. The number of aliphatic hydroxyl groups is 1. The van der Waals surface area contributed by atoms with Gasteiger partial charge in [0.1, 0.15) is 12.4 Å². The Kier molecular flexibility index (Phi) is 4.23. The van der Waals surface area contributed by atoms with E-state index >= 15 is 0 Å². The second-order valence-corrected chi connectivity index (χ2v) is 4.59. The lowest BCUT2D eigenvalue weighted by Gasteiger charge is -2.26. The Bertz CT molecular complexity index is 291. The molecule has 0 aromatic heterocycles. The highest BCUT2D eigenvalue weighted by Gasteiger charge is 2.21. The summed E-state index contributed by atoms with van der Waals surface area (Å²) in [6.45, 7) is 0.425. The second kappa shape index (κ2) is 5.90. The van der Waals surface area contributed by atoms with Gasteiger partial charge < -0.3 is 9.84 Å². The van der Waals surface area contributed by atoms with Gasteiger partial charge in [-0.25, -0.2) is 0 Å². The monoisotopic (exact) mass is 220 g/mol. The van der Waals surface area contributed by atoms with Crippen LogP contribution in [0.3, 0.4) is 0 Å². The smallest absolute Gasteiger partial charge is 0.119 e. The average Bonchev–Trinajstić information content (AvgIpc) is 2.38. The zero-order chi connectivity index (χ0) is 11.2. The van der Waals surface area contributed by atoms with E-state index in [0.717, 1.165) is 18.6 Å². The van der Waals surface area contributed by atoms with Crippen molar-refractivity contribution in [2.24, 2.45) is 5.92 Å². The van der Waals surface area contributed by atoms with Gasteiger partial charge in [-0.15, -0.1) is 0 Å². The van der Waals surface area contributed by atoms with Gasteiger partial charge in [-0.05, 0) is 30.9 Å². The van der Waals surface area contributed by atoms with Crippen LogP contribution >= 0.6 is 0 Å². The molecule has 0 radical (unpaired) electrons. The van der Waals surface area contributed by atoms with Crippen molar-refractivity contribution in [3.63, 3.8) is 0 Å². The van der Waals surface area contributed by atoms with E-state index in [1.165, 1.54) is 19.3 Å². The van der Waals surface area contributed by atoms with Crippen molar-refractivity contribution in [1.29, 1.82) is 0 Å². The van der Waals surface area contributed by atoms with Gasteiger partial charge in [-0.3, -0.25) is 0 Å². The third-order valence-electron chi connectivity index (χ3n) is 3.36. The molecule has 88 valence electrons. The van der Waals surface area contributed by atoms with Gasteiger partial charge in [-0.1, -0.05) is 37.5 Å². The third kappa shape index (κ3) is 3.24. The van der Waals surface area contributed by atoms with E-state index in [0.29, 0.717) is 12.5 Å². The predicted molar refractivity (Wildman–Crippen MR) is 64.5 cm³/mol. The van der Waals surface area contributed by atoms with E-state index in [4.69, 9.17) is 4.74 Å². The Hall–Kier alpha value is -1.02. The molecule has 2 nitrogen and oxygen atoms in total. The molecule has 1 saturated carbocycles. The fourth-order valence-corrected chi connectivity index (χ4v) is 2.35. The van der Waals surface area contributed by atoms with Crippen LogP contribution in [0.5, 0.6) is 5.75 Å². The molecule has 1 aromatic carbocycles. The molecule has 1 aromatic rings. The van der Waals surface area contributed by atoms with Crippen LogP contribution in [0.25, 0.3) is 0 Å². The lowest BCUT2D eigenvalue weighted by atomic mass is 9.85. The molecule has 1 N–H and O–H groups in total. The van der Waals surface area contributed by atoms with Gasteiger partial charge in [-0.2, -0.15) is 0 Å². The van der Waals surface area contributed by atoms with Crippen molar-refractivity contribution in [2.75, 3.05) is 6.61 Å². The van der Waals surface area contributed by atoms with Crippen molar-refractivity contribution in [3.8, 4) is 5.75 Å². The van der Waals surface area contributed by atoms with Crippen molar-refractivity contribution in [2.45, 2.75) is 38.2 Å². The fourth-order valence-electron chi connectivity index (χ4n) is 2.35. The lowest BCUT2D eigenvalue weighted by Crippen LogP contribution is -2.28. The Morgan fingerprint density at radius 3 is 2.50 bits per heavy atom. The lowest BCUT2D eigenvalue weighted by molar-refractivity contribution is 0.0413. The van der Waals surface area contributed by atoms with E-state index < -0.39 is 0 Å². The van der Waals surface area contributed by atoms with Crippen LogP contribution in [0.4, 0.5) is 0 Å². The molecule has 16 heavy (non-hydrogen) atoms. The average molecular weight is 220 g/mol. The van der Waals surface area contributed by atoms with E-state index in [9.17, 15) is 5.11 Å². The normalized spacial score (nSPS) is 19.3. The number of ether oxygens (including phenoxy) is 1. The molecular formula is C14H20O2. The van der Waals surface area contributed by atoms with E-state index in [-0.39, 0.29) is 6.10 Å². The van der Waals surface area contributed by atoms with Crippen molar-refractivity contribution >= 4 is 0 Å². The van der Waals surface area contributed by atoms with Crippen LogP contribution in [0, 0.1) is 5.92 Å². The number of hydrogen-bond acceptors (Lipinski definition) is 2. The number of rotatable bonds is 4. The van der Waals surface area contributed by atoms with Gasteiger partial charge in [0, 0.05) is 0 Å². The highest BCUT2D eigenvalue weighted by atomic mass is 16.5. The van der Waals surface area contributed by atoms with Gasteiger partial charge in [0.05, 0.1) is 6.10 Å². The van der Waals surface area contributed by atoms with Crippen LogP contribution in [0.2, 0.25) is 0 Å². The Morgan fingerprint density at radius 1 is 1.12 bits per heavy atom. The SMILES string of the molecule is OC(COc1ccccc1)C1CCCCC1. The minimum absolute atomic E-state index is 0.305. The van der Waals surface area contributed by atoms with Crippen LogP contribution < -0.4 is 4.74 Å². The zero-order valence-electron chi connectivity index (χ0n) is 9.64. The number of para-hydroxylation sites is 1. The van der Waals surface area contributed by atoms with E-state index in [1.54, 1.807) is 0 Å². The van der Waals surface area contributed by atoms with Crippen molar-refractivity contribution < 1.29 is 9.84 Å². The molecule has 0 amide bonds. The maximum Gasteiger partial charge on any atom is 0.119 e. The highest BCUT2D eigenvalue weighted by Crippen LogP contribution is 2.26. The Labute approximate surface area is 97.3 Å². The molecule has 1 atom stereocenters. The topological polar surface area (TPSA) is 29.5 Å². The van der Waals surface area contributed by atoms with Crippen LogP contribution in [-0.4, -0.2) is 17.8 Å². The fraction of sp³-hybridized carbons (Fsp3) is 0.571. The van der Waals surface area contributed by atoms with Crippen LogP contribution in [0.1, 0.15) is 32.1 Å². The molecule has 1 unspecified atom stereocenters. The summed E-state index contributed by atoms with van der Waals surface area (Å²) in [6, 6.07) is 9.70. The summed E-state index contributed by atoms with van der Waals surface area (Å²) in [5.74, 6) is 1.29. The zero-order valence-corrected chi connectivity index (χ0v) is 9.64. The first kappa shape index (κ1) is 11.5. The minimum atomic E-state index is -0.305. The van der Waals surface area contributed by atoms with Gasteiger partial charge in [0.2, 0.25) is 0 Å². The first-order valence-corrected chi connectivity index (χ1v) is 6.22. The molecule has 1 aliphatic carbocycles. The van der Waals surface area contributed by atoms with Crippen molar-refractivity contribution in [1.82, 2.24) is 0 Å². The number of aliphatic hydroxyl groups excluding tert-OH is 1. The summed E-state index contributed by atoms with van der Waals surface area (Å²) in [7, 11) is 0. The highest BCUT2D eigenvalue weighted by molar-refractivity contribution is 5.20. The first-order valence-electron chi connectivity index (χ1n) is 6.22. The van der Waals surface area contributed by atoms with Crippen molar-refractivity contribution in [3.05, 3.63) is 30.3 Å². The summed E-state index contributed by atoms with van der Waals surface area (Å²) in [5.41, 5.74) is 0. The second-order valence-electron chi connectivity index (χ2n) is 4.59. The molecular weight excluding hydrogens is 200 g/mol. The summed E-state index contributed by atoms with van der Waals surface area (Å²) < 4.78 is 5.57. The van der Waals surface area contributed by atoms with Gasteiger partial charge in [0.25, 0.3) is 0 Å². The molecule has 2 heteroatoms. The summed E-state index contributed by atoms with van der Waals surface area (Å²) in [6.07, 6.45) is 5.84. The molecule has 0 heterocycles. The molecule has 0 aliphatic heterocycles. The number of benzene rings is 1.